The highest BCUT2D eigenvalue weighted by molar-refractivity contribution is 7.89. The molecule has 3 nitrogen and oxygen atoms in total. The average Bonchev–Trinajstić information content (AvgIpc) is 2.39. The van der Waals surface area contributed by atoms with Crippen LogP contribution < -0.4 is 0 Å². The highest BCUT2D eigenvalue weighted by Crippen LogP contribution is 2.25. The number of benzene rings is 1. The summed E-state index contributed by atoms with van der Waals surface area (Å²) in [7, 11) is -3.30. The van der Waals surface area contributed by atoms with Crippen LogP contribution in [0.1, 0.15) is 37.8 Å². The third-order valence-corrected chi connectivity index (χ3v) is 5.71. The molecule has 0 atom stereocenters. The van der Waals surface area contributed by atoms with Crippen LogP contribution in [0.2, 0.25) is 0 Å². The zero-order valence-electron chi connectivity index (χ0n) is 11.1. The Bertz CT molecular complexity index is 519. The topological polar surface area (TPSA) is 37.4 Å². The van der Waals surface area contributed by atoms with Crippen molar-refractivity contribution in [3.05, 3.63) is 29.3 Å². The molecule has 1 aromatic rings. The number of rotatable bonds is 4. The second-order valence-electron chi connectivity index (χ2n) is 4.73. The zero-order chi connectivity index (χ0) is 13.2. The lowest BCUT2D eigenvalue weighted by molar-refractivity contribution is 0.445. The van der Waals surface area contributed by atoms with Crippen LogP contribution in [0.15, 0.2) is 23.1 Å². The quantitative estimate of drug-likeness (QED) is 0.841. The van der Waals surface area contributed by atoms with E-state index in [1.54, 1.807) is 6.07 Å². The van der Waals surface area contributed by atoms with Gasteiger partial charge in [0.05, 0.1) is 4.90 Å². The molecule has 4 heteroatoms. The first-order chi connectivity index (χ1) is 8.59. The monoisotopic (exact) mass is 267 g/mol. The highest BCUT2D eigenvalue weighted by Gasteiger charge is 2.22. The van der Waals surface area contributed by atoms with Crippen molar-refractivity contribution in [1.82, 2.24) is 4.31 Å². The Labute approximate surface area is 110 Å². The van der Waals surface area contributed by atoms with Gasteiger partial charge >= 0.3 is 0 Å². The molecule has 0 N–H and O–H groups in total. The summed E-state index contributed by atoms with van der Waals surface area (Å²) in [5.41, 5.74) is 2.54. The van der Waals surface area contributed by atoms with Crippen LogP contribution in [0.3, 0.4) is 0 Å². The van der Waals surface area contributed by atoms with Crippen molar-refractivity contribution in [2.24, 2.45) is 0 Å². The number of sulfonamides is 1. The Kier molecular flexibility index (Phi) is 4.07. The van der Waals surface area contributed by atoms with Crippen LogP contribution in [0.5, 0.6) is 0 Å². The predicted octanol–water partition coefficient (Wildman–Crippen LogP) is 2.60. The first-order valence-electron chi connectivity index (χ1n) is 6.71. The Morgan fingerprint density at radius 1 is 1.06 bits per heavy atom. The molecule has 0 heterocycles. The maximum absolute atomic E-state index is 12.4. The molecule has 0 bridgehead atoms. The van der Waals surface area contributed by atoms with Crippen molar-refractivity contribution in [2.75, 3.05) is 13.1 Å². The minimum Gasteiger partial charge on any atom is -0.207 e. The number of hydrogen-bond donors (Lipinski definition) is 0. The first kappa shape index (κ1) is 13.6. The summed E-state index contributed by atoms with van der Waals surface area (Å²) in [4.78, 5) is 0.451. The van der Waals surface area contributed by atoms with E-state index in [-0.39, 0.29) is 0 Å². The minimum atomic E-state index is -3.30. The van der Waals surface area contributed by atoms with Gasteiger partial charge in [-0.2, -0.15) is 4.31 Å². The Hall–Kier alpha value is -0.870. The van der Waals surface area contributed by atoms with Gasteiger partial charge in [-0.1, -0.05) is 19.9 Å². The summed E-state index contributed by atoms with van der Waals surface area (Å²) in [5.74, 6) is 0. The van der Waals surface area contributed by atoms with Crippen LogP contribution in [0.4, 0.5) is 0 Å². The van der Waals surface area contributed by atoms with E-state index < -0.39 is 10.0 Å². The third kappa shape index (κ3) is 2.45. The lowest BCUT2D eigenvalue weighted by Gasteiger charge is -2.21. The lowest BCUT2D eigenvalue weighted by Crippen LogP contribution is -2.30. The molecular formula is C14H21NO2S. The summed E-state index contributed by atoms with van der Waals surface area (Å²) in [5, 5.41) is 0. The molecule has 0 unspecified atom stereocenters. The number of nitrogens with zero attached hydrogens (tertiary/aromatic N) is 1. The maximum atomic E-state index is 12.4. The van der Waals surface area contributed by atoms with Gasteiger partial charge in [-0.3, -0.25) is 0 Å². The molecule has 0 aromatic heterocycles. The highest BCUT2D eigenvalue weighted by atomic mass is 32.2. The van der Waals surface area contributed by atoms with E-state index >= 15 is 0 Å². The van der Waals surface area contributed by atoms with Gasteiger partial charge in [0.1, 0.15) is 0 Å². The fourth-order valence-corrected chi connectivity index (χ4v) is 4.09. The fourth-order valence-electron chi connectivity index (χ4n) is 2.58. The van der Waals surface area contributed by atoms with E-state index in [1.807, 2.05) is 26.0 Å². The smallest absolute Gasteiger partial charge is 0.207 e. The van der Waals surface area contributed by atoms with Crippen LogP contribution in [0, 0.1) is 0 Å². The van der Waals surface area contributed by atoms with Crippen molar-refractivity contribution in [1.29, 1.82) is 0 Å². The molecule has 2 rings (SSSR count). The molecule has 0 saturated heterocycles. The standard InChI is InChI=1S/C14H21NO2S/c1-3-15(4-2)18(16,17)14-10-9-12-7-5-6-8-13(12)11-14/h9-11H,3-8H2,1-2H3. The Morgan fingerprint density at radius 2 is 1.67 bits per heavy atom. The van der Waals surface area contributed by atoms with Crippen molar-refractivity contribution in [3.63, 3.8) is 0 Å². The molecule has 0 amide bonds. The fraction of sp³-hybridized carbons (Fsp3) is 0.571. The van der Waals surface area contributed by atoms with Gasteiger partial charge in [0.15, 0.2) is 0 Å². The van der Waals surface area contributed by atoms with Crippen molar-refractivity contribution >= 4 is 10.0 Å². The third-order valence-electron chi connectivity index (χ3n) is 3.66. The normalized spacial score (nSPS) is 15.7. The van der Waals surface area contributed by atoms with Gasteiger partial charge in [-0.25, -0.2) is 8.42 Å². The maximum Gasteiger partial charge on any atom is 0.243 e. The summed E-state index contributed by atoms with van der Waals surface area (Å²) < 4.78 is 26.3. The van der Waals surface area contributed by atoms with Crippen molar-refractivity contribution in [3.8, 4) is 0 Å². The Balaban J connectivity index is 2.39. The van der Waals surface area contributed by atoms with Crippen LogP contribution >= 0.6 is 0 Å². The molecule has 100 valence electrons. The zero-order valence-corrected chi connectivity index (χ0v) is 12.0. The van der Waals surface area contributed by atoms with Gasteiger partial charge < -0.3 is 0 Å². The van der Waals surface area contributed by atoms with E-state index in [0.717, 1.165) is 12.8 Å². The second kappa shape index (κ2) is 5.41. The molecule has 1 aliphatic rings. The number of aryl methyl sites for hydroxylation is 2. The van der Waals surface area contributed by atoms with Gasteiger partial charge in [-0.15, -0.1) is 0 Å². The van der Waals surface area contributed by atoms with Crippen molar-refractivity contribution in [2.45, 2.75) is 44.4 Å². The number of fused-ring (bicyclic) bond motifs is 1. The second-order valence-corrected chi connectivity index (χ2v) is 6.66. The van der Waals surface area contributed by atoms with E-state index in [2.05, 4.69) is 0 Å². The van der Waals surface area contributed by atoms with Gasteiger partial charge in [0.2, 0.25) is 10.0 Å². The molecular weight excluding hydrogens is 246 g/mol. The average molecular weight is 267 g/mol. The molecule has 0 aliphatic heterocycles. The Morgan fingerprint density at radius 3 is 2.28 bits per heavy atom. The predicted molar refractivity (Wildman–Crippen MR) is 73.2 cm³/mol. The van der Waals surface area contributed by atoms with E-state index in [0.29, 0.717) is 18.0 Å². The SMILES string of the molecule is CCN(CC)S(=O)(=O)c1ccc2c(c1)CCCC2. The summed E-state index contributed by atoms with van der Waals surface area (Å²) in [6, 6.07) is 5.63. The first-order valence-corrected chi connectivity index (χ1v) is 8.15. The van der Waals surface area contributed by atoms with Gasteiger partial charge in [0.25, 0.3) is 0 Å². The van der Waals surface area contributed by atoms with E-state index in [4.69, 9.17) is 0 Å². The van der Waals surface area contributed by atoms with E-state index in [9.17, 15) is 8.42 Å². The summed E-state index contributed by atoms with van der Waals surface area (Å²) in [6.45, 7) is 4.80. The van der Waals surface area contributed by atoms with Gasteiger partial charge in [-0.05, 0) is 48.9 Å². The molecule has 1 aliphatic carbocycles. The van der Waals surface area contributed by atoms with E-state index in [1.165, 1.54) is 28.3 Å². The molecule has 0 fully saturated rings. The summed E-state index contributed by atoms with van der Waals surface area (Å²) in [6.07, 6.45) is 4.48. The van der Waals surface area contributed by atoms with Crippen molar-refractivity contribution < 1.29 is 8.42 Å². The minimum absolute atomic E-state index is 0.451. The molecule has 18 heavy (non-hydrogen) atoms. The molecule has 0 saturated carbocycles. The van der Waals surface area contributed by atoms with Crippen LogP contribution in [0.25, 0.3) is 0 Å². The lowest BCUT2D eigenvalue weighted by atomic mass is 9.92. The largest absolute Gasteiger partial charge is 0.243 e. The number of hydrogen-bond acceptors (Lipinski definition) is 2. The van der Waals surface area contributed by atoms with Crippen LogP contribution in [-0.4, -0.2) is 25.8 Å². The molecule has 1 aromatic carbocycles. The summed E-state index contributed by atoms with van der Waals surface area (Å²) >= 11 is 0. The molecule has 0 radical (unpaired) electrons. The van der Waals surface area contributed by atoms with Crippen LogP contribution in [-0.2, 0) is 22.9 Å². The van der Waals surface area contributed by atoms with Gasteiger partial charge in [0, 0.05) is 13.1 Å². The molecule has 0 spiro atoms.